The van der Waals surface area contributed by atoms with Crippen LogP contribution in [0.25, 0.3) is 16.6 Å². The normalized spacial score (nSPS) is 12.6. The summed E-state index contributed by atoms with van der Waals surface area (Å²) in [6.07, 6.45) is 3.62. The molecule has 0 fully saturated rings. The maximum Gasteiger partial charge on any atom is 0.284 e. The number of carbonyl (C=O) groups is 1. The van der Waals surface area contributed by atoms with E-state index in [0.717, 1.165) is 12.8 Å². The number of nitrogens with one attached hydrogen (secondary N) is 1. The average molecular weight is 556 g/mol. The molecule has 0 aliphatic carbocycles. The van der Waals surface area contributed by atoms with Crippen molar-refractivity contribution in [3.05, 3.63) is 94.4 Å². The van der Waals surface area contributed by atoms with Gasteiger partial charge in [0.1, 0.15) is 29.1 Å². The van der Waals surface area contributed by atoms with E-state index in [1.165, 1.54) is 23.1 Å². The lowest BCUT2D eigenvalue weighted by Gasteiger charge is -2.19. The fourth-order valence-corrected chi connectivity index (χ4v) is 5.08. The molecule has 0 spiro atoms. The molecule has 10 nitrogen and oxygen atoms in total. The number of halogens is 1. The summed E-state index contributed by atoms with van der Waals surface area (Å²) >= 11 is 0. The Labute approximate surface area is 233 Å². The van der Waals surface area contributed by atoms with E-state index in [0.29, 0.717) is 58.4 Å². The zero-order chi connectivity index (χ0) is 28.5. The van der Waals surface area contributed by atoms with Crippen molar-refractivity contribution >= 4 is 22.5 Å². The van der Waals surface area contributed by atoms with Gasteiger partial charge in [0.2, 0.25) is 5.88 Å². The second kappa shape index (κ2) is 10.8. The smallest absolute Gasteiger partial charge is 0.284 e. The Balaban J connectivity index is 1.26. The molecule has 1 aliphatic heterocycles. The SMILES string of the molecule is COc1cc2ncnc(Oc3ccc(NC(=O)c4c5n(n(-c6ccccc6F)c4=O)CCCC5)cc3)c2cc1OC. The van der Waals surface area contributed by atoms with Crippen LogP contribution in [0.5, 0.6) is 23.1 Å². The van der Waals surface area contributed by atoms with Crippen molar-refractivity contribution in [1.29, 1.82) is 0 Å². The minimum absolute atomic E-state index is 0.0186. The van der Waals surface area contributed by atoms with Crippen molar-refractivity contribution in [3.63, 3.8) is 0 Å². The first-order valence-corrected chi connectivity index (χ1v) is 13.0. The molecule has 3 aromatic carbocycles. The summed E-state index contributed by atoms with van der Waals surface area (Å²) in [6, 6.07) is 16.2. The number of hydrogen-bond acceptors (Lipinski definition) is 7. The molecule has 0 saturated carbocycles. The van der Waals surface area contributed by atoms with Crippen LogP contribution in [0.15, 0.2) is 71.8 Å². The number of aromatic nitrogens is 4. The van der Waals surface area contributed by atoms with Crippen molar-refractivity contribution in [2.75, 3.05) is 19.5 Å². The summed E-state index contributed by atoms with van der Waals surface area (Å²) in [6.45, 7) is 0.522. The highest BCUT2D eigenvalue weighted by Crippen LogP contribution is 2.36. The van der Waals surface area contributed by atoms with E-state index in [4.69, 9.17) is 14.2 Å². The van der Waals surface area contributed by atoms with E-state index in [1.54, 1.807) is 67.4 Å². The maximum absolute atomic E-state index is 14.6. The van der Waals surface area contributed by atoms with E-state index < -0.39 is 17.3 Å². The maximum atomic E-state index is 14.6. The van der Waals surface area contributed by atoms with Crippen LogP contribution in [0.1, 0.15) is 28.9 Å². The third-order valence-electron chi connectivity index (χ3n) is 7.02. The van der Waals surface area contributed by atoms with Gasteiger partial charge in [-0.3, -0.25) is 14.3 Å². The van der Waals surface area contributed by atoms with Gasteiger partial charge in [0.05, 0.1) is 30.8 Å². The van der Waals surface area contributed by atoms with Crippen LogP contribution in [-0.4, -0.2) is 39.5 Å². The minimum atomic E-state index is -0.549. The van der Waals surface area contributed by atoms with Crippen LogP contribution in [0, 0.1) is 5.82 Å². The van der Waals surface area contributed by atoms with Gasteiger partial charge in [-0.1, -0.05) is 12.1 Å². The van der Waals surface area contributed by atoms with Gasteiger partial charge in [-0.2, -0.15) is 0 Å². The van der Waals surface area contributed by atoms with E-state index >= 15 is 0 Å². The Morgan fingerprint density at radius 1 is 0.976 bits per heavy atom. The highest BCUT2D eigenvalue weighted by atomic mass is 19.1. The number of carbonyl (C=O) groups excluding carboxylic acids is 1. The van der Waals surface area contributed by atoms with Crippen LogP contribution in [0.2, 0.25) is 0 Å². The Morgan fingerprint density at radius 2 is 1.73 bits per heavy atom. The Morgan fingerprint density at radius 3 is 2.49 bits per heavy atom. The van der Waals surface area contributed by atoms with Crippen LogP contribution in [-0.2, 0) is 13.0 Å². The van der Waals surface area contributed by atoms with Gasteiger partial charge < -0.3 is 19.5 Å². The number of para-hydroxylation sites is 1. The molecule has 0 bridgehead atoms. The number of methoxy groups -OCH3 is 2. The lowest BCUT2D eigenvalue weighted by molar-refractivity contribution is 0.102. The fraction of sp³-hybridized carbons (Fsp3) is 0.200. The third-order valence-corrected chi connectivity index (χ3v) is 7.02. The molecule has 11 heteroatoms. The number of fused-ring (bicyclic) bond motifs is 2. The molecule has 1 N–H and O–H groups in total. The van der Waals surface area contributed by atoms with E-state index in [-0.39, 0.29) is 11.3 Å². The van der Waals surface area contributed by atoms with Crippen molar-refractivity contribution in [2.24, 2.45) is 0 Å². The highest BCUT2D eigenvalue weighted by molar-refractivity contribution is 6.05. The van der Waals surface area contributed by atoms with Gasteiger partial charge in [0.25, 0.3) is 11.5 Å². The molecule has 2 aromatic heterocycles. The molecule has 3 heterocycles. The molecule has 6 rings (SSSR count). The van der Waals surface area contributed by atoms with Crippen LogP contribution >= 0.6 is 0 Å². The first kappa shape index (κ1) is 26.1. The largest absolute Gasteiger partial charge is 0.493 e. The Bertz CT molecular complexity index is 1830. The first-order valence-electron chi connectivity index (χ1n) is 13.0. The average Bonchev–Trinajstić information content (AvgIpc) is 3.29. The summed E-state index contributed by atoms with van der Waals surface area (Å²) in [4.78, 5) is 35.4. The second-order valence-electron chi connectivity index (χ2n) is 9.45. The van der Waals surface area contributed by atoms with Crippen LogP contribution in [0.4, 0.5) is 10.1 Å². The second-order valence-corrected chi connectivity index (χ2v) is 9.45. The van der Waals surface area contributed by atoms with E-state index in [2.05, 4.69) is 15.3 Å². The highest BCUT2D eigenvalue weighted by Gasteiger charge is 2.28. The van der Waals surface area contributed by atoms with Crippen molar-refractivity contribution in [2.45, 2.75) is 25.8 Å². The van der Waals surface area contributed by atoms with E-state index in [9.17, 15) is 14.0 Å². The third kappa shape index (κ3) is 4.75. The molecule has 41 heavy (non-hydrogen) atoms. The molecule has 0 unspecified atom stereocenters. The lowest BCUT2D eigenvalue weighted by Crippen LogP contribution is -2.26. The molecule has 1 amide bonds. The van der Waals surface area contributed by atoms with E-state index in [1.807, 2.05) is 0 Å². The molecular formula is C30H26FN5O5. The molecular weight excluding hydrogens is 529 g/mol. The number of rotatable bonds is 7. The standard InChI is InChI=1S/C30H26FN5O5/c1-39-25-15-20-22(16-26(25)40-2)32-17-33-29(20)41-19-12-10-18(11-13-19)34-28(37)27-24-9-5-6-14-35(24)36(30(27)38)23-8-4-3-7-21(23)31/h3-4,7-8,10-13,15-17H,5-6,9,14H2,1-2H3,(H,34,37). The number of hydrogen-bond donors (Lipinski definition) is 1. The van der Waals surface area contributed by atoms with Gasteiger partial charge in [0, 0.05) is 18.3 Å². The zero-order valence-electron chi connectivity index (χ0n) is 22.4. The lowest BCUT2D eigenvalue weighted by atomic mass is 10.1. The number of amides is 1. The van der Waals surface area contributed by atoms with Gasteiger partial charge in [0.15, 0.2) is 11.5 Å². The summed E-state index contributed by atoms with van der Waals surface area (Å²) in [5, 5.41) is 3.44. The molecule has 208 valence electrons. The topological polar surface area (TPSA) is 110 Å². The van der Waals surface area contributed by atoms with Gasteiger partial charge in [-0.25, -0.2) is 19.0 Å². The Hall–Kier alpha value is -5.19. The monoisotopic (exact) mass is 555 g/mol. The van der Waals surface area contributed by atoms with Crippen molar-refractivity contribution < 1.29 is 23.4 Å². The number of anilines is 1. The fourth-order valence-electron chi connectivity index (χ4n) is 5.08. The quantitative estimate of drug-likeness (QED) is 0.297. The molecule has 0 saturated heterocycles. The van der Waals surface area contributed by atoms with Crippen LogP contribution < -0.4 is 25.1 Å². The van der Waals surface area contributed by atoms with Gasteiger partial charge in [-0.05, 0) is 61.7 Å². The van der Waals surface area contributed by atoms with Gasteiger partial charge in [-0.15, -0.1) is 0 Å². The first-order chi connectivity index (χ1) is 20.0. The zero-order valence-corrected chi connectivity index (χ0v) is 22.4. The number of nitrogens with zero attached hydrogens (tertiary/aromatic N) is 4. The summed E-state index contributed by atoms with van der Waals surface area (Å²) in [5.41, 5.74) is 1.28. The van der Waals surface area contributed by atoms with Crippen molar-refractivity contribution in [3.8, 4) is 28.8 Å². The molecule has 5 aromatic rings. The Kier molecular flexibility index (Phi) is 6.84. The van der Waals surface area contributed by atoms with Crippen LogP contribution in [0.3, 0.4) is 0 Å². The molecule has 0 radical (unpaired) electrons. The number of benzene rings is 3. The predicted octanol–water partition coefficient (Wildman–Crippen LogP) is 5.12. The van der Waals surface area contributed by atoms with Gasteiger partial charge >= 0.3 is 0 Å². The number of ether oxygens (including phenoxy) is 3. The van der Waals surface area contributed by atoms with Crippen molar-refractivity contribution in [1.82, 2.24) is 19.3 Å². The summed E-state index contributed by atoms with van der Waals surface area (Å²) in [7, 11) is 3.09. The summed E-state index contributed by atoms with van der Waals surface area (Å²) in [5.74, 6) is 0.765. The predicted molar refractivity (Wildman–Crippen MR) is 150 cm³/mol. The summed E-state index contributed by atoms with van der Waals surface area (Å²) < 4.78 is 34.4. The minimum Gasteiger partial charge on any atom is -0.493 e. The molecule has 1 aliphatic rings. The molecule has 0 atom stereocenters.